The topological polar surface area (TPSA) is 117 Å². The molecule has 7 atom stereocenters. The van der Waals surface area contributed by atoms with E-state index in [2.05, 4.69) is 16.0 Å². The summed E-state index contributed by atoms with van der Waals surface area (Å²) < 4.78 is 5.49. The van der Waals surface area contributed by atoms with Crippen molar-refractivity contribution in [2.45, 2.75) is 74.9 Å². The van der Waals surface area contributed by atoms with Crippen LogP contribution in [-0.2, 0) is 19.1 Å². The van der Waals surface area contributed by atoms with Crippen LogP contribution in [0.5, 0.6) is 0 Å². The largest absolute Gasteiger partial charge is 0.379 e. The molecule has 0 aromatic heterocycles. The number of fused-ring (bicyclic) bond motifs is 1. The number of hydrogen-bond donors (Lipinski definition) is 3. The van der Waals surface area contributed by atoms with E-state index in [0.29, 0.717) is 32.4 Å². The fourth-order valence-electron chi connectivity index (χ4n) is 5.82. The van der Waals surface area contributed by atoms with E-state index >= 15 is 0 Å². The molecule has 32 heavy (non-hydrogen) atoms. The van der Waals surface area contributed by atoms with Crippen molar-refractivity contribution < 1.29 is 23.9 Å². The number of alkyl halides is 1. The highest BCUT2D eigenvalue weighted by atomic mass is 35.5. The molecule has 4 rings (SSSR count). The van der Waals surface area contributed by atoms with Crippen LogP contribution < -0.4 is 16.0 Å². The predicted molar refractivity (Wildman–Crippen MR) is 117 cm³/mol. The molecule has 2 aliphatic heterocycles. The maximum absolute atomic E-state index is 13.0. The Morgan fingerprint density at radius 2 is 1.97 bits per heavy atom. The van der Waals surface area contributed by atoms with Crippen molar-refractivity contribution in [3.63, 3.8) is 0 Å². The summed E-state index contributed by atoms with van der Waals surface area (Å²) in [6.07, 6.45) is 5.58. The van der Waals surface area contributed by atoms with Crippen molar-refractivity contribution in [1.82, 2.24) is 20.9 Å². The lowest BCUT2D eigenvalue weighted by Crippen LogP contribution is -2.53. The van der Waals surface area contributed by atoms with Crippen molar-refractivity contribution in [2.24, 2.45) is 17.8 Å². The molecule has 0 spiro atoms. The number of methoxy groups -OCH3 is 1. The number of likely N-dealkylation sites (tertiary alicyclic amines) is 1. The molecule has 0 bridgehead atoms. The fraction of sp³-hybridized carbons (Fsp3) is 0.818. The zero-order valence-electron chi connectivity index (χ0n) is 18.5. The Morgan fingerprint density at radius 1 is 1.16 bits per heavy atom. The first-order valence-electron chi connectivity index (χ1n) is 11.7. The Bertz CT molecular complexity index is 765. The van der Waals surface area contributed by atoms with E-state index in [1.165, 1.54) is 0 Å². The number of nitrogens with zero attached hydrogens (tertiary/aromatic N) is 1. The van der Waals surface area contributed by atoms with Crippen LogP contribution in [-0.4, -0.2) is 72.4 Å². The van der Waals surface area contributed by atoms with Gasteiger partial charge in [-0.1, -0.05) is 0 Å². The number of carbonyl (C=O) groups is 4. The van der Waals surface area contributed by atoms with Gasteiger partial charge in [-0.25, -0.2) is 4.79 Å². The molecule has 0 radical (unpaired) electrons. The summed E-state index contributed by atoms with van der Waals surface area (Å²) in [5.74, 6) is -0.277. The van der Waals surface area contributed by atoms with Crippen molar-refractivity contribution in [3.8, 4) is 0 Å². The SMILES string of the molecule is COC1CCC(Cl)CC1NC(=O)NCC1CCC2CN(C3CCC(=O)NC3=O)C(=O)C2C1. The zero-order valence-corrected chi connectivity index (χ0v) is 19.2. The lowest BCUT2D eigenvalue weighted by Gasteiger charge is -2.34. The number of imide groups is 1. The summed E-state index contributed by atoms with van der Waals surface area (Å²) in [6.45, 7) is 1.09. The Balaban J connectivity index is 1.26. The third-order valence-corrected chi connectivity index (χ3v) is 8.01. The van der Waals surface area contributed by atoms with Gasteiger partial charge in [-0.15, -0.1) is 11.6 Å². The summed E-state index contributed by atoms with van der Waals surface area (Å²) >= 11 is 6.26. The number of ether oxygens (including phenoxy) is 1. The van der Waals surface area contributed by atoms with Gasteiger partial charge in [0.1, 0.15) is 6.04 Å². The molecule has 10 heteroatoms. The highest BCUT2D eigenvalue weighted by molar-refractivity contribution is 6.20. The van der Waals surface area contributed by atoms with Gasteiger partial charge in [0, 0.05) is 37.9 Å². The average molecular weight is 469 g/mol. The van der Waals surface area contributed by atoms with E-state index in [1.807, 2.05) is 0 Å². The van der Waals surface area contributed by atoms with Crippen molar-refractivity contribution in [3.05, 3.63) is 0 Å². The van der Waals surface area contributed by atoms with Crippen LogP contribution in [0, 0.1) is 17.8 Å². The number of carbonyl (C=O) groups excluding carboxylic acids is 4. The van der Waals surface area contributed by atoms with Crippen LogP contribution in [0.4, 0.5) is 4.79 Å². The number of rotatable bonds is 5. The summed E-state index contributed by atoms with van der Waals surface area (Å²) in [5, 5.41) is 8.36. The van der Waals surface area contributed by atoms with Crippen molar-refractivity contribution in [2.75, 3.05) is 20.2 Å². The highest BCUT2D eigenvalue weighted by Gasteiger charge is 2.48. The van der Waals surface area contributed by atoms with Crippen molar-refractivity contribution >= 4 is 35.4 Å². The van der Waals surface area contributed by atoms with Crippen molar-refractivity contribution in [1.29, 1.82) is 0 Å². The second-order valence-corrected chi connectivity index (χ2v) is 10.3. The van der Waals surface area contributed by atoms with E-state index in [4.69, 9.17) is 16.3 Å². The molecule has 9 nitrogen and oxygen atoms in total. The van der Waals surface area contributed by atoms with Gasteiger partial charge in [0.05, 0.1) is 12.1 Å². The van der Waals surface area contributed by atoms with Gasteiger partial charge in [-0.2, -0.15) is 0 Å². The highest BCUT2D eigenvalue weighted by Crippen LogP contribution is 2.41. The van der Waals surface area contributed by atoms with Crippen LogP contribution >= 0.6 is 11.6 Å². The second kappa shape index (κ2) is 9.95. The minimum atomic E-state index is -0.539. The van der Waals surface area contributed by atoms with Gasteiger partial charge in [-0.05, 0) is 56.8 Å². The predicted octanol–water partition coefficient (Wildman–Crippen LogP) is 1.14. The molecule has 2 saturated carbocycles. The standard InChI is InChI=1S/C22H33ClN4O5/c1-32-18-6-4-14(23)9-16(18)25-22(31)24-10-12-2-3-13-11-27(21(30)15(13)8-12)17-5-7-19(28)26-20(17)29/h12-18H,2-11H2,1H3,(H2,24,25,31)(H,26,28,29). The van der Waals surface area contributed by atoms with Gasteiger partial charge in [-0.3, -0.25) is 19.7 Å². The molecule has 2 heterocycles. The Kier molecular flexibility index (Phi) is 7.24. The van der Waals surface area contributed by atoms with Gasteiger partial charge in [0.2, 0.25) is 17.7 Å². The minimum Gasteiger partial charge on any atom is -0.379 e. The van der Waals surface area contributed by atoms with Gasteiger partial charge in [0.15, 0.2) is 0 Å². The lowest BCUT2D eigenvalue weighted by atomic mass is 9.75. The first kappa shape index (κ1) is 23.3. The zero-order chi connectivity index (χ0) is 22.8. The molecule has 2 saturated heterocycles. The van der Waals surface area contributed by atoms with E-state index in [0.717, 1.165) is 25.7 Å². The Hall–Kier alpha value is -1.87. The maximum Gasteiger partial charge on any atom is 0.315 e. The molecular formula is C22H33ClN4O5. The smallest absolute Gasteiger partial charge is 0.315 e. The van der Waals surface area contributed by atoms with E-state index < -0.39 is 6.04 Å². The molecule has 0 aromatic rings. The van der Waals surface area contributed by atoms with E-state index in [-0.39, 0.29) is 65.5 Å². The summed E-state index contributed by atoms with van der Waals surface area (Å²) in [7, 11) is 1.65. The molecule has 4 aliphatic rings. The third kappa shape index (κ3) is 5.03. The molecule has 4 fully saturated rings. The molecule has 5 amide bonds. The quantitative estimate of drug-likeness (QED) is 0.413. The van der Waals surface area contributed by atoms with Crippen LogP contribution in [0.3, 0.4) is 0 Å². The second-order valence-electron chi connectivity index (χ2n) is 9.65. The first-order valence-corrected chi connectivity index (χ1v) is 12.1. The summed E-state index contributed by atoms with van der Waals surface area (Å²) in [4.78, 5) is 50.8. The molecule has 7 unspecified atom stereocenters. The maximum atomic E-state index is 13.0. The molecule has 3 N–H and O–H groups in total. The van der Waals surface area contributed by atoms with E-state index in [9.17, 15) is 19.2 Å². The number of nitrogens with one attached hydrogen (secondary N) is 3. The third-order valence-electron chi connectivity index (χ3n) is 7.61. The number of halogens is 1. The van der Waals surface area contributed by atoms with E-state index in [1.54, 1.807) is 12.0 Å². The molecule has 2 aliphatic carbocycles. The summed E-state index contributed by atoms with van der Waals surface area (Å²) in [6, 6.07) is -0.874. The molecular weight excluding hydrogens is 436 g/mol. The average Bonchev–Trinajstić information content (AvgIpc) is 3.08. The minimum absolute atomic E-state index is 0.0111. The Labute approximate surface area is 193 Å². The molecule has 0 aromatic carbocycles. The van der Waals surface area contributed by atoms with Crippen LogP contribution in [0.15, 0.2) is 0 Å². The number of piperidine rings is 1. The van der Waals surface area contributed by atoms with Gasteiger partial charge in [0.25, 0.3) is 0 Å². The van der Waals surface area contributed by atoms with Crippen LogP contribution in [0.2, 0.25) is 0 Å². The lowest BCUT2D eigenvalue weighted by molar-refractivity contribution is -0.144. The first-order chi connectivity index (χ1) is 15.4. The number of urea groups is 1. The normalized spacial score (nSPS) is 37.6. The number of amides is 5. The fourth-order valence-corrected chi connectivity index (χ4v) is 6.14. The molecule has 178 valence electrons. The monoisotopic (exact) mass is 468 g/mol. The van der Waals surface area contributed by atoms with Gasteiger partial charge >= 0.3 is 6.03 Å². The van der Waals surface area contributed by atoms with Crippen LogP contribution in [0.25, 0.3) is 0 Å². The summed E-state index contributed by atoms with van der Waals surface area (Å²) in [5.41, 5.74) is 0. The van der Waals surface area contributed by atoms with Crippen LogP contribution in [0.1, 0.15) is 51.4 Å². The number of hydrogen-bond acceptors (Lipinski definition) is 5. The Morgan fingerprint density at radius 3 is 2.72 bits per heavy atom. The van der Waals surface area contributed by atoms with Gasteiger partial charge < -0.3 is 20.3 Å².